The lowest BCUT2D eigenvalue weighted by atomic mass is 9.97. The number of hydrogen-bond acceptors (Lipinski definition) is 1. The molecule has 0 aliphatic heterocycles. The molecule has 0 aliphatic rings. The first-order valence-corrected chi connectivity index (χ1v) is 7.53. The molecule has 2 aromatic rings. The van der Waals surface area contributed by atoms with E-state index in [-0.39, 0.29) is 0 Å². The van der Waals surface area contributed by atoms with E-state index < -0.39 is 0 Å². The van der Waals surface area contributed by atoms with E-state index >= 15 is 0 Å². The molecule has 0 spiro atoms. The van der Waals surface area contributed by atoms with Gasteiger partial charge < -0.3 is 5.32 Å². The van der Waals surface area contributed by atoms with Gasteiger partial charge in [-0.25, -0.2) is 0 Å². The van der Waals surface area contributed by atoms with E-state index in [1.54, 1.807) is 0 Å². The van der Waals surface area contributed by atoms with Gasteiger partial charge in [0.2, 0.25) is 0 Å². The fraction of sp³-hybridized carbons (Fsp3) is 0.333. The number of rotatable bonds is 5. The first-order chi connectivity index (χ1) is 9.63. The average molecular weight is 288 g/mol. The third-order valence-corrected chi connectivity index (χ3v) is 4.22. The minimum Gasteiger partial charge on any atom is -0.313 e. The van der Waals surface area contributed by atoms with Crippen LogP contribution < -0.4 is 5.32 Å². The van der Waals surface area contributed by atoms with Crippen molar-refractivity contribution in [2.45, 2.75) is 32.7 Å². The molecule has 0 heterocycles. The molecule has 0 aliphatic carbocycles. The van der Waals surface area contributed by atoms with Crippen LogP contribution >= 0.6 is 11.6 Å². The summed E-state index contributed by atoms with van der Waals surface area (Å²) in [5, 5.41) is 4.22. The molecule has 2 aromatic carbocycles. The van der Waals surface area contributed by atoms with Gasteiger partial charge in [0.05, 0.1) is 0 Å². The van der Waals surface area contributed by atoms with E-state index in [0.29, 0.717) is 6.04 Å². The second-order valence-corrected chi connectivity index (χ2v) is 5.63. The molecule has 1 unspecified atom stereocenters. The molecule has 0 bridgehead atoms. The Bertz CT molecular complexity index is 560. The number of aryl methyl sites for hydroxylation is 2. The minimum absolute atomic E-state index is 0.292. The quantitative estimate of drug-likeness (QED) is 0.839. The Labute approximate surface area is 127 Å². The second-order valence-electron chi connectivity index (χ2n) is 5.22. The Balaban J connectivity index is 2.16. The summed E-state index contributed by atoms with van der Waals surface area (Å²) in [5.41, 5.74) is 5.09. The van der Waals surface area contributed by atoms with E-state index in [1.807, 2.05) is 14.0 Å². The van der Waals surface area contributed by atoms with E-state index in [4.69, 9.17) is 11.6 Å². The summed E-state index contributed by atoms with van der Waals surface area (Å²) in [4.78, 5) is 0. The molecule has 1 N–H and O–H groups in total. The lowest BCUT2D eigenvalue weighted by molar-refractivity contribution is 0.592. The lowest BCUT2D eigenvalue weighted by Gasteiger charge is -2.18. The van der Waals surface area contributed by atoms with E-state index in [0.717, 1.165) is 23.4 Å². The van der Waals surface area contributed by atoms with Crippen LogP contribution in [0.25, 0.3) is 0 Å². The maximum atomic E-state index is 6.23. The second kappa shape index (κ2) is 6.92. The highest BCUT2D eigenvalue weighted by molar-refractivity contribution is 6.31. The van der Waals surface area contributed by atoms with Gasteiger partial charge in [0.15, 0.2) is 0 Å². The predicted molar refractivity (Wildman–Crippen MR) is 87.5 cm³/mol. The fourth-order valence-electron chi connectivity index (χ4n) is 2.36. The summed E-state index contributed by atoms with van der Waals surface area (Å²) in [6.45, 7) is 4.21. The van der Waals surface area contributed by atoms with Crippen molar-refractivity contribution in [2.75, 3.05) is 7.05 Å². The van der Waals surface area contributed by atoms with Crippen LogP contribution in [-0.2, 0) is 12.8 Å². The standard InChI is InChI=1S/C18H22ClN/c1-4-14-6-8-15(9-7-14)11-18(20-3)16-10-5-13(2)17(19)12-16/h5-10,12,18,20H,4,11H2,1-3H3. The summed E-state index contributed by atoms with van der Waals surface area (Å²) in [6, 6.07) is 15.5. The van der Waals surface area contributed by atoms with Crippen LogP contribution in [0.4, 0.5) is 0 Å². The van der Waals surface area contributed by atoms with Crippen molar-refractivity contribution in [2.24, 2.45) is 0 Å². The zero-order chi connectivity index (χ0) is 14.5. The van der Waals surface area contributed by atoms with Gasteiger partial charge >= 0.3 is 0 Å². The van der Waals surface area contributed by atoms with Crippen LogP contribution in [-0.4, -0.2) is 7.05 Å². The Morgan fingerprint density at radius 1 is 1.05 bits per heavy atom. The van der Waals surface area contributed by atoms with Crippen LogP contribution in [0.15, 0.2) is 42.5 Å². The smallest absolute Gasteiger partial charge is 0.0438 e. The Morgan fingerprint density at radius 3 is 2.25 bits per heavy atom. The molecule has 106 valence electrons. The Hall–Kier alpha value is -1.31. The van der Waals surface area contributed by atoms with Crippen molar-refractivity contribution in [1.29, 1.82) is 0 Å². The molecule has 0 saturated heterocycles. The van der Waals surface area contributed by atoms with Gasteiger partial charge in [-0.2, -0.15) is 0 Å². The van der Waals surface area contributed by atoms with Gasteiger partial charge in [0.1, 0.15) is 0 Å². The summed E-state index contributed by atoms with van der Waals surface area (Å²) in [7, 11) is 2.00. The predicted octanol–water partition coefficient (Wildman–Crippen LogP) is 4.71. The van der Waals surface area contributed by atoms with Crippen LogP contribution in [0, 0.1) is 6.92 Å². The summed E-state index contributed by atoms with van der Waals surface area (Å²) in [5.74, 6) is 0. The molecule has 2 rings (SSSR count). The van der Waals surface area contributed by atoms with Gasteiger partial charge in [-0.1, -0.05) is 54.9 Å². The number of halogens is 1. The van der Waals surface area contributed by atoms with Crippen molar-refractivity contribution >= 4 is 11.6 Å². The Kier molecular flexibility index (Phi) is 5.22. The highest BCUT2D eigenvalue weighted by Crippen LogP contribution is 2.24. The first kappa shape index (κ1) is 15.1. The SMILES string of the molecule is CCc1ccc(CC(NC)c2ccc(C)c(Cl)c2)cc1. The van der Waals surface area contributed by atoms with Crippen LogP contribution in [0.1, 0.15) is 35.2 Å². The fourth-order valence-corrected chi connectivity index (χ4v) is 2.55. The summed E-state index contributed by atoms with van der Waals surface area (Å²) in [6.07, 6.45) is 2.06. The molecule has 0 aromatic heterocycles. The molecule has 2 heteroatoms. The first-order valence-electron chi connectivity index (χ1n) is 7.15. The molecule has 0 fully saturated rings. The van der Waals surface area contributed by atoms with Gasteiger partial charge in [0.25, 0.3) is 0 Å². The van der Waals surface area contributed by atoms with Gasteiger partial charge in [-0.3, -0.25) is 0 Å². The van der Waals surface area contributed by atoms with Gasteiger partial charge in [0, 0.05) is 11.1 Å². The maximum Gasteiger partial charge on any atom is 0.0438 e. The molecule has 20 heavy (non-hydrogen) atoms. The Morgan fingerprint density at radius 2 is 1.70 bits per heavy atom. The van der Waals surface area contributed by atoms with E-state index in [1.165, 1.54) is 16.7 Å². The van der Waals surface area contributed by atoms with Crippen molar-refractivity contribution in [1.82, 2.24) is 5.32 Å². The zero-order valence-corrected chi connectivity index (χ0v) is 13.2. The zero-order valence-electron chi connectivity index (χ0n) is 12.4. The monoisotopic (exact) mass is 287 g/mol. The normalized spacial score (nSPS) is 12.4. The maximum absolute atomic E-state index is 6.23. The molecule has 0 radical (unpaired) electrons. The number of likely N-dealkylation sites (N-methyl/N-ethyl adjacent to an activating group) is 1. The largest absolute Gasteiger partial charge is 0.313 e. The van der Waals surface area contributed by atoms with Crippen LogP contribution in [0.2, 0.25) is 5.02 Å². The van der Waals surface area contributed by atoms with Gasteiger partial charge in [-0.05, 0) is 55.1 Å². The number of benzene rings is 2. The third-order valence-electron chi connectivity index (χ3n) is 3.82. The molecule has 1 nitrogen and oxygen atoms in total. The van der Waals surface area contributed by atoms with E-state index in [2.05, 4.69) is 54.7 Å². The summed E-state index contributed by atoms with van der Waals surface area (Å²) >= 11 is 6.23. The third kappa shape index (κ3) is 3.62. The van der Waals surface area contributed by atoms with E-state index in [9.17, 15) is 0 Å². The molecule has 1 atom stereocenters. The van der Waals surface area contributed by atoms with Crippen LogP contribution in [0.3, 0.4) is 0 Å². The topological polar surface area (TPSA) is 12.0 Å². The molecule has 0 amide bonds. The van der Waals surface area contributed by atoms with Crippen molar-refractivity contribution in [3.8, 4) is 0 Å². The summed E-state index contributed by atoms with van der Waals surface area (Å²) < 4.78 is 0. The lowest BCUT2D eigenvalue weighted by Crippen LogP contribution is -2.18. The highest BCUT2D eigenvalue weighted by Gasteiger charge is 2.11. The molecule has 0 saturated carbocycles. The number of hydrogen-bond donors (Lipinski definition) is 1. The van der Waals surface area contributed by atoms with Crippen LogP contribution in [0.5, 0.6) is 0 Å². The minimum atomic E-state index is 0.292. The average Bonchev–Trinajstić information content (AvgIpc) is 2.48. The molecular weight excluding hydrogens is 266 g/mol. The molecular formula is C18H22ClN. The van der Waals surface area contributed by atoms with Gasteiger partial charge in [-0.15, -0.1) is 0 Å². The highest BCUT2D eigenvalue weighted by atomic mass is 35.5. The number of nitrogens with one attached hydrogen (secondary N) is 1. The van der Waals surface area contributed by atoms with Crippen molar-refractivity contribution < 1.29 is 0 Å². The van der Waals surface area contributed by atoms with Crippen molar-refractivity contribution in [3.05, 3.63) is 69.7 Å². The van der Waals surface area contributed by atoms with Crippen molar-refractivity contribution in [3.63, 3.8) is 0 Å².